The fourth-order valence-corrected chi connectivity index (χ4v) is 6.91. The van der Waals surface area contributed by atoms with E-state index in [-0.39, 0.29) is 25.1 Å². The van der Waals surface area contributed by atoms with Crippen molar-refractivity contribution in [2.75, 3.05) is 0 Å². The second kappa shape index (κ2) is 9.65. The van der Waals surface area contributed by atoms with Gasteiger partial charge in [-0.15, -0.1) is 23.8 Å². The van der Waals surface area contributed by atoms with E-state index in [2.05, 4.69) is 29.3 Å². The zero-order chi connectivity index (χ0) is 25.8. The van der Waals surface area contributed by atoms with E-state index in [0.717, 1.165) is 33.2 Å². The number of fused-ring (bicyclic) bond motifs is 3. The number of aromatic nitrogens is 2. The minimum absolute atomic E-state index is 0. The Morgan fingerprint density at radius 3 is 2.34 bits per heavy atom. The van der Waals surface area contributed by atoms with E-state index in [1.807, 2.05) is 36.4 Å². The number of benzene rings is 3. The minimum atomic E-state index is -4.11. The zero-order valence-corrected chi connectivity index (χ0v) is 23.4. The molecular formula is C28H17IrN2O5S2-. The molecule has 5 aromatic rings. The third-order valence-corrected chi connectivity index (χ3v) is 8.85. The summed E-state index contributed by atoms with van der Waals surface area (Å²) in [5.41, 5.74) is 5.71. The first kappa shape index (κ1) is 26.1. The molecule has 2 aromatic heterocycles. The largest absolute Gasteiger partial charge is 0.312 e. The molecule has 1 radical (unpaired) electrons. The van der Waals surface area contributed by atoms with Crippen molar-refractivity contribution in [1.29, 1.82) is 0 Å². The molecule has 2 aliphatic rings. The minimum Gasteiger partial charge on any atom is -0.296 e. The van der Waals surface area contributed by atoms with Crippen LogP contribution >= 0.6 is 0 Å². The average molecular weight is 718 g/mol. The molecule has 7 nitrogen and oxygen atoms in total. The van der Waals surface area contributed by atoms with Crippen LogP contribution in [0.3, 0.4) is 0 Å². The van der Waals surface area contributed by atoms with Gasteiger partial charge in [0.25, 0.3) is 0 Å². The Kier molecular flexibility index (Phi) is 6.63. The molecule has 10 heteroatoms. The Bertz CT molecular complexity index is 1970. The SMILES string of the molecule is O=S(=O)(O)c1ccccn1.O=S1(=O)c2ccccc2-c2cc[c-]c(-c3cc4c5c(cccc5n3)C=C4)c21.[Ir]. The van der Waals surface area contributed by atoms with Crippen molar-refractivity contribution in [2.24, 2.45) is 0 Å². The van der Waals surface area contributed by atoms with Crippen LogP contribution in [0.4, 0.5) is 0 Å². The number of pyridine rings is 2. The van der Waals surface area contributed by atoms with Crippen molar-refractivity contribution in [3.05, 3.63) is 102 Å². The predicted octanol–water partition coefficient (Wildman–Crippen LogP) is 5.32. The molecule has 38 heavy (non-hydrogen) atoms. The smallest absolute Gasteiger partial charge is 0.296 e. The van der Waals surface area contributed by atoms with E-state index in [9.17, 15) is 16.8 Å². The van der Waals surface area contributed by atoms with Crippen LogP contribution in [-0.4, -0.2) is 31.4 Å². The molecule has 0 bridgehead atoms. The van der Waals surface area contributed by atoms with Gasteiger partial charge in [0.15, 0.2) is 14.9 Å². The number of hydrogen-bond acceptors (Lipinski definition) is 6. The number of rotatable bonds is 2. The molecule has 1 aliphatic heterocycles. The summed E-state index contributed by atoms with van der Waals surface area (Å²) in [6, 6.07) is 26.1. The Morgan fingerprint density at radius 2 is 1.61 bits per heavy atom. The van der Waals surface area contributed by atoms with Crippen LogP contribution in [0.15, 0.2) is 99.9 Å². The first-order chi connectivity index (χ1) is 17.7. The van der Waals surface area contributed by atoms with Crippen LogP contribution in [0.1, 0.15) is 11.1 Å². The summed E-state index contributed by atoms with van der Waals surface area (Å²) in [4.78, 5) is 8.85. The maximum atomic E-state index is 13.2. The maximum absolute atomic E-state index is 13.2. The van der Waals surface area contributed by atoms with Gasteiger partial charge in [0.05, 0.1) is 10.4 Å². The van der Waals surface area contributed by atoms with E-state index in [1.54, 1.807) is 24.3 Å². The quantitative estimate of drug-likeness (QED) is 0.190. The van der Waals surface area contributed by atoms with Gasteiger partial charge in [-0.3, -0.25) is 9.54 Å². The standard InChI is InChI=1S/C23H12NO2S.C5H5NO3S.Ir/c25-27(26)21-10-2-1-6-16(21)17-7-4-8-18(23(17)27)20-13-15-12-11-14-5-3-9-19(24-20)22(14)15;7-10(8,9)5-3-1-2-4-6-5;/h1-7,9-13H;1-4H,(H,7,8,9);/q-1;;. The summed E-state index contributed by atoms with van der Waals surface area (Å²) in [6.07, 6.45) is 5.41. The van der Waals surface area contributed by atoms with Crippen molar-refractivity contribution in [3.8, 4) is 22.4 Å². The second-order valence-corrected chi connectivity index (χ2v) is 11.6. The van der Waals surface area contributed by atoms with Gasteiger partial charge in [-0.25, -0.2) is 13.4 Å². The Morgan fingerprint density at radius 1 is 0.842 bits per heavy atom. The molecule has 7 rings (SSSR count). The topological polar surface area (TPSA) is 114 Å². The molecule has 0 unspecified atom stereocenters. The van der Waals surface area contributed by atoms with Gasteiger partial charge in [-0.2, -0.15) is 8.42 Å². The summed E-state index contributed by atoms with van der Waals surface area (Å²) >= 11 is 0. The van der Waals surface area contributed by atoms with Gasteiger partial charge < -0.3 is 0 Å². The summed E-state index contributed by atoms with van der Waals surface area (Å²) < 4.78 is 55.5. The monoisotopic (exact) mass is 718 g/mol. The molecule has 0 fully saturated rings. The average Bonchev–Trinajstić information content (AvgIpc) is 3.42. The zero-order valence-electron chi connectivity index (χ0n) is 19.4. The number of hydrogen-bond donors (Lipinski definition) is 1. The first-order valence-corrected chi connectivity index (χ1v) is 14.1. The van der Waals surface area contributed by atoms with Crippen LogP contribution in [0.2, 0.25) is 0 Å². The van der Waals surface area contributed by atoms with Crippen molar-refractivity contribution in [2.45, 2.75) is 14.8 Å². The molecule has 3 heterocycles. The Balaban J connectivity index is 0.000000229. The summed E-state index contributed by atoms with van der Waals surface area (Å²) in [5.74, 6) is 0. The second-order valence-electron chi connectivity index (χ2n) is 8.41. The first-order valence-electron chi connectivity index (χ1n) is 11.1. The molecule has 0 saturated carbocycles. The molecule has 0 spiro atoms. The van der Waals surface area contributed by atoms with Crippen LogP contribution in [0.5, 0.6) is 0 Å². The maximum Gasteiger partial charge on any atom is 0.312 e. The molecule has 1 N–H and O–H groups in total. The molecule has 0 saturated heterocycles. The third-order valence-electron chi connectivity index (χ3n) is 6.18. The van der Waals surface area contributed by atoms with Gasteiger partial charge in [0.2, 0.25) is 0 Å². The molecule has 1 aliphatic carbocycles. The van der Waals surface area contributed by atoms with Gasteiger partial charge in [0, 0.05) is 31.7 Å². The van der Waals surface area contributed by atoms with E-state index in [4.69, 9.17) is 9.54 Å². The summed E-state index contributed by atoms with van der Waals surface area (Å²) in [5, 5.41) is 0.787. The van der Waals surface area contributed by atoms with E-state index < -0.39 is 20.0 Å². The third kappa shape index (κ3) is 4.30. The summed E-state index contributed by atoms with van der Waals surface area (Å²) in [7, 11) is -7.71. The molecule has 191 valence electrons. The fourth-order valence-electron chi connectivity index (χ4n) is 4.62. The van der Waals surface area contributed by atoms with Gasteiger partial charge in [-0.1, -0.05) is 60.2 Å². The number of nitrogens with zero attached hydrogens (tertiary/aromatic N) is 2. The number of sulfone groups is 1. The normalized spacial score (nSPS) is 13.7. The summed E-state index contributed by atoms with van der Waals surface area (Å²) in [6.45, 7) is 0. The molecular weight excluding hydrogens is 701 g/mol. The molecule has 0 atom stereocenters. The van der Waals surface area contributed by atoms with Gasteiger partial charge in [-0.05, 0) is 51.5 Å². The molecule has 3 aromatic carbocycles. The van der Waals surface area contributed by atoms with Crippen molar-refractivity contribution in [1.82, 2.24) is 9.97 Å². The Hall–Kier alpha value is -3.53. The fraction of sp³-hybridized carbons (Fsp3) is 0. The van der Waals surface area contributed by atoms with E-state index >= 15 is 0 Å². The molecule has 0 amide bonds. The van der Waals surface area contributed by atoms with E-state index in [1.165, 1.54) is 18.3 Å². The van der Waals surface area contributed by atoms with Crippen molar-refractivity contribution >= 4 is 43.0 Å². The van der Waals surface area contributed by atoms with Gasteiger partial charge in [0.1, 0.15) is 0 Å². The van der Waals surface area contributed by atoms with Crippen molar-refractivity contribution < 1.29 is 41.5 Å². The van der Waals surface area contributed by atoms with Crippen LogP contribution in [0, 0.1) is 6.07 Å². The van der Waals surface area contributed by atoms with Crippen molar-refractivity contribution in [3.63, 3.8) is 0 Å². The predicted molar refractivity (Wildman–Crippen MR) is 140 cm³/mol. The Labute approximate surface area is 232 Å². The van der Waals surface area contributed by atoms with E-state index in [0.29, 0.717) is 21.0 Å². The van der Waals surface area contributed by atoms with Crippen LogP contribution in [-0.2, 0) is 40.1 Å². The van der Waals surface area contributed by atoms with Gasteiger partial charge >= 0.3 is 10.1 Å². The van der Waals surface area contributed by atoms with Crippen LogP contribution < -0.4 is 0 Å². The van der Waals surface area contributed by atoms with Crippen LogP contribution in [0.25, 0.3) is 45.4 Å².